The average molecular weight is 369 g/mol. The number of fused-ring (bicyclic) bond motifs is 3. The van der Waals surface area contributed by atoms with Crippen molar-refractivity contribution in [1.82, 2.24) is 4.68 Å². The summed E-state index contributed by atoms with van der Waals surface area (Å²) in [6.45, 7) is -2.52. The van der Waals surface area contributed by atoms with Crippen LogP contribution in [0.25, 0.3) is 16.8 Å². The highest BCUT2D eigenvalue weighted by molar-refractivity contribution is 5.75. The monoisotopic (exact) mass is 368 g/mol. The number of nitrogens with zero attached hydrogens (tertiary/aromatic N) is 2. The molecule has 1 unspecified atom stereocenters. The largest absolute Gasteiger partial charge is 0.203 e. The maximum Gasteiger partial charge on any atom is 0.203 e. The van der Waals surface area contributed by atoms with E-state index in [0.717, 1.165) is 11.1 Å². The van der Waals surface area contributed by atoms with E-state index in [1.165, 1.54) is 6.92 Å². The van der Waals surface area contributed by atoms with E-state index < -0.39 is 31.4 Å². The molecule has 0 amide bonds. The zero-order valence-electron chi connectivity index (χ0n) is 25.4. The van der Waals surface area contributed by atoms with Crippen LogP contribution in [0.2, 0.25) is 0 Å². The van der Waals surface area contributed by atoms with Crippen LogP contribution in [0.15, 0.2) is 42.6 Å². The van der Waals surface area contributed by atoms with Gasteiger partial charge in [0.05, 0.1) is 5.56 Å². The van der Waals surface area contributed by atoms with Crippen LogP contribution in [0.4, 0.5) is 0 Å². The van der Waals surface area contributed by atoms with E-state index >= 15 is 0 Å². The van der Waals surface area contributed by atoms with Crippen LogP contribution >= 0.6 is 0 Å². The van der Waals surface area contributed by atoms with E-state index in [2.05, 4.69) is 0 Å². The molecule has 2 aromatic carbocycles. The molecule has 2 heterocycles. The van der Waals surface area contributed by atoms with Gasteiger partial charge in [0.15, 0.2) is 7.05 Å². The van der Waals surface area contributed by atoms with Gasteiger partial charge in [-0.3, -0.25) is 0 Å². The number of aryl methyl sites for hydroxylation is 4. The molecule has 2 nitrogen and oxygen atoms in total. The van der Waals surface area contributed by atoms with Gasteiger partial charge in [-0.15, -0.1) is 9.36 Å². The molecule has 1 atom stereocenters. The summed E-state index contributed by atoms with van der Waals surface area (Å²) in [6.07, 6.45) is 1.72. The second-order valence-electron chi connectivity index (χ2n) is 7.89. The summed E-state index contributed by atoms with van der Waals surface area (Å²) >= 11 is 0. The molecule has 0 spiro atoms. The van der Waals surface area contributed by atoms with Gasteiger partial charge in [0.1, 0.15) is 11.4 Å². The number of rotatable bonds is 1. The van der Waals surface area contributed by atoms with Crippen LogP contribution in [0.1, 0.15) is 67.8 Å². The Hall–Kier alpha value is -2.35. The second-order valence-corrected chi connectivity index (χ2v) is 7.89. The summed E-state index contributed by atoms with van der Waals surface area (Å²) in [5.41, 5.74) is -0.892. The fourth-order valence-electron chi connectivity index (χ4n) is 4.41. The summed E-state index contributed by atoms with van der Waals surface area (Å²) in [5, 5.41) is 0. The Balaban J connectivity index is 2.43. The Morgan fingerprint density at radius 3 is 2.11 bits per heavy atom. The Morgan fingerprint density at radius 2 is 1.48 bits per heavy atom. The van der Waals surface area contributed by atoms with E-state index in [4.69, 9.17) is 12.3 Å². The Kier molecular flexibility index (Phi) is 2.12. The number of hydrogen-bond donors (Lipinski definition) is 0. The van der Waals surface area contributed by atoms with Gasteiger partial charge in [-0.25, -0.2) is 0 Å². The molecule has 1 aromatic heterocycles. The minimum absolute atomic E-state index is 0.0252. The van der Waals surface area contributed by atoms with Gasteiger partial charge in [0, 0.05) is 23.2 Å². The van der Waals surface area contributed by atoms with E-state index in [-0.39, 0.29) is 11.3 Å². The highest BCUT2D eigenvalue weighted by Crippen LogP contribution is 2.52. The molecule has 140 valence electrons. The van der Waals surface area contributed by atoms with Crippen molar-refractivity contribution in [3.8, 4) is 16.8 Å². The van der Waals surface area contributed by atoms with Crippen molar-refractivity contribution in [3.05, 3.63) is 70.5 Å². The standard InChI is InChI=1S/C25H31N2/c1-16-11-9-12-17(2)21(16)19-15-26(8)27-22-18(3)13-10-14-20(22)24(4,5)25(6,7)23(19)27/h9-15H,1-8H3/q+1/i4D3,6D3,7D3. The van der Waals surface area contributed by atoms with E-state index in [9.17, 15) is 0 Å². The number of hydrogen-bond acceptors (Lipinski definition) is 0. The molecular formula is C25H31N2+. The lowest BCUT2D eigenvalue weighted by molar-refractivity contribution is -0.745. The van der Waals surface area contributed by atoms with Crippen molar-refractivity contribution < 1.29 is 17.0 Å². The van der Waals surface area contributed by atoms with Crippen molar-refractivity contribution in [2.24, 2.45) is 7.05 Å². The van der Waals surface area contributed by atoms with E-state index in [1.54, 1.807) is 34.7 Å². The fraction of sp³-hybridized carbons (Fsp3) is 0.400. The Morgan fingerprint density at radius 1 is 0.889 bits per heavy atom. The van der Waals surface area contributed by atoms with Crippen LogP contribution < -0.4 is 4.68 Å². The molecule has 0 saturated carbocycles. The molecule has 0 bridgehead atoms. The molecule has 0 aliphatic carbocycles. The van der Waals surface area contributed by atoms with Crippen LogP contribution in [0.3, 0.4) is 0 Å². The molecule has 0 fully saturated rings. The molecular weight excluding hydrogens is 328 g/mol. The van der Waals surface area contributed by atoms with Crippen molar-refractivity contribution in [1.29, 1.82) is 0 Å². The molecule has 0 radical (unpaired) electrons. The fourth-order valence-corrected chi connectivity index (χ4v) is 4.41. The van der Waals surface area contributed by atoms with Gasteiger partial charge in [-0.2, -0.15) is 0 Å². The summed E-state index contributed by atoms with van der Waals surface area (Å²) in [4.78, 5) is 0. The van der Waals surface area contributed by atoms with Crippen LogP contribution in [-0.4, -0.2) is 4.68 Å². The molecule has 1 aliphatic heterocycles. The SMILES string of the molecule is [2H]C([2H])([2H])C1(C)c2cccc(C)c2-n2c(c(-c3c(C)cccc3C)c[n+]2C)C1(C([2H])([2H])[2H])C([2H])([2H])[2H]. The Labute approximate surface area is 176 Å². The first-order chi connectivity index (χ1) is 16.3. The zero-order chi connectivity index (χ0) is 27.2. The van der Waals surface area contributed by atoms with Gasteiger partial charge in [0.25, 0.3) is 0 Å². The first-order valence-corrected chi connectivity index (χ1v) is 9.13. The molecule has 0 saturated heterocycles. The maximum atomic E-state index is 8.77. The summed E-state index contributed by atoms with van der Waals surface area (Å²) in [7, 11) is 1.72. The van der Waals surface area contributed by atoms with Crippen molar-refractivity contribution in [3.63, 3.8) is 0 Å². The predicted molar refractivity (Wildman–Crippen MR) is 113 cm³/mol. The number of aromatic nitrogens is 2. The van der Waals surface area contributed by atoms with Gasteiger partial charge in [-0.05, 0) is 48.6 Å². The number of para-hydroxylation sites is 1. The van der Waals surface area contributed by atoms with Crippen molar-refractivity contribution in [2.75, 3.05) is 0 Å². The average Bonchev–Trinajstić information content (AvgIpc) is 3.02. The summed E-state index contributed by atoms with van der Waals surface area (Å²) in [6, 6.07) is 10.7. The van der Waals surface area contributed by atoms with Gasteiger partial charge >= 0.3 is 0 Å². The minimum atomic E-state index is -3.21. The first-order valence-electron chi connectivity index (χ1n) is 13.6. The lowest BCUT2D eigenvalue weighted by atomic mass is 9.59. The number of benzene rings is 2. The van der Waals surface area contributed by atoms with Crippen molar-refractivity contribution in [2.45, 2.75) is 59.1 Å². The first kappa shape index (κ1) is 10.3. The second kappa shape index (κ2) is 5.58. The minimum Gasteiger partial charge on any atom is -0.124 e. The molecule has 3 aromatic rings. The third kappa shape index (κ3) is 2.22. The molecule has 27 heavy (non-hydrogen) atoms. The quantitative estimate of drug-likeness (QED) is 0.504. The highest BCUT2D eigenvalue weighted by atomic mass is 15.4. The third-order valence-electron chi connectivity index (χ3n) is 5.94. The molecule has 2 heteroatoms. The van der Waals surface area contributed by atoms with Crippen LogP contribution in [0.5, 0.6) is 0 Å². The van der Waals surface area contributed by atoms with E-state index in [1.807, 2.05) is 45.0 Å². The molecule has 1 aliphatic rings. The Bertz CT molecular complexity index is 1330. The topological polar surface area (TPSA) is 8.81 Å². The normalized spacial score (nSPS) is 26.6. The third-order valence-corrected chi connectivity index (χ3v) is 5.94. The lowest BCUT2D eigenvalue weighted by Crippen LogP contribution is -2.51. The maximum absolute atomic E-state index is 8.77. The molecule has 0 N–H and O–H groups in total. The zero-order valence-corrected chi connectivity index (χ0v) is 16.4. The van der Waals surface area contributed by atoms with Gasteiger partial charge in [-0.1, -0.05) is 63.9 Å². The highest BCUT2D eigenvalue weighted by Gasteiger charge is 2.51. The molecule has 4 rings (SSSR count). The summed E-state index contributed by atoms with van der Waals surface area (Å²) < 4.78 is 81.9. The van der Waals surface area contributed by atoms with Gasteiger partial charge < -0.3 is 0 Å². The van der Waals surface area contributed by atoms with Gasteiger partial charge in [0.2, 0.25) is 6.20 Å². The lowest BCUT2D eigenvalue weighted by Gasteiger charge is -2.46. The predicted octanol–water partition coefficient (Wildman–Crippen LogP) is 5.46. The van der Waals surface area contributed by atoms with Crippen LogP contribution in [-0.2, 0) is 17.9 Å². The summed E-state index contributed by atoms with van der Waals surface area (Å²) in [5.74, 6) is 0. The van der Waals surface area contributed by atoms with Crippen LogP contribution in [0, 0.1) is 20.8 Å². The van der Waals surface area contributed by atoms with E-state index in [0.29, 0.717) is 22.4 Å². The smallest absolute Gasteiger partial charge is 0.124 e. The van der Waals surface area contributed by atoms with Crippen molar-refractivity contribution >= 4 is 0 Å².